The fourth-order valence-corrected chi connectivity index (χ4v) is 3.24. The molecular formula is C18H19N2O6S-. The normalized spacial score (nSPS) is 14.5. The Morgan fingerprint density at radius 3 is 2.07 bits per heavy atom. The number of aromatic carboxylic acids is 1. The Bertz CT molecular complexity index is 820. The maximum atomic E-state index is 12.7. The molecule has 0 radical (unpaired) electrons. The summed E-state index contributed by atoms with van der Waals surface area (Å²) in [5, 5.41) is 11.8. The lowest BCUT2D eigenvalue weighted by Crippen LogP contribution is -2.55. The minimum atomic E-state index is -1.52. The second-order valence-corrected chi connectivity index (χ2v) is 5.86. The van der Waals surface area contributed by atoms with E-state index in [-0.39, 0.29) is 46.4 Å². The van der Waals surface area contributed by atoms with Crippen LogP contribution in [0.2, 0.25) is 0 Å². The van der Waals surface area contributed by atoms with Crippen LogP contribution in [-0.4, -0.2) is 60.0 Å². The summed E-state index contributed by atoms with van der Waals surface area (Å²) in [7, 11) is 2.65. The lowest BCUT2D eigenvalue weighted by atomic mass is 10.0. The monoisotopic (exact) mass is 391 g/mol. The van der Waals surface area contributed by atoms with E-state index in [2.05, 4.69) is 0 Å². The van der Waals surface area contributed by atoms with Crippen molar-refractivity contribution >= 4 is 41.2 Å². The SMILES string of the molecule is CCN1C(=O)C(=Cc2ccc(OC)c(OC)c2C(=O)[O-])C(=O)N(CC)C1=S. The van der Waals surface area contributed by atoms with Crippen molar-refractivity contribution in [3.05, 3.63) is 28.8 Å². The molecule has 1 aliphatic heterocycles. The first kappa shape index (κ1) is 20.4. The van der Waals surface area contributed by atoms with Gasteiger partial charge >= 0.3 is 0 Å². The Labute approximate surface area is 161 Å². The van der Waals surface area contributed by atoms with Crippen LogP contribution >= 0.6 is 12.2 Å². The molecule has 0 N–H and O–H groups in total. The summed E-state index contributed by atoms with van der Waals surface area (Å²) in [5.41, 5.74) is -0.421. The van der Waals surface area contributed by atoms with Gasteiger partial charge in [0.25, 0.3) is 11.8 Å². The first-order chi connectivity index (χ1) is 12.8. The first-order valence-corrected chi connectivity index (χ1v) is 8.58. The van der Waals surface area contributed by atoms with Gasteiger partial charge in [0.05, 0.1) is 25.8 Å². The zero-order chi connectivity index (χ0) is 20.3. The number of methoxy groups -OCH3 is 2. The van der Waals surface area contributed by atoms with Crippen LogP contribution in [-0.2, 0) is 9.59 Å². The van der Waals surface area contributed by atoms with Gasteiger partial charge in [0.1, 0.15) is 5.57 Å². The summed E-state index contributed by atoms with van der Waals surface area (Å²) in [5.74, 6) is -2.57. The molecule has 0 atom stereocenters. The van der Waals surface area contributed by atoms with Gasteiger partial charge in [0.15, 0.2) is 16.6 Å². The Balaban J connectivity index is 2.69. The van der Waals surface area contributed by atoms with Gasteiger partial charge in [-0.1, -0.05) is 6.07 Å². The number of carboxylic acids is 1. The molecule has 1 heterocycles. The van der Waals surface area contributed by atoms with Crippen molar-refractivity contribution in [2.45, 2.75) is 13.8 Å². The lowest BCUT2D eigenvalue weighted by Gasteiger charge is -2.35. The molecule has 1 aromatic rings. The minimum absolute atomic E-state index is 0.0576. The topological polar surface area (TPSA) is 99.2 Å². The van der Waals surface area contributed by atoms with E-state index in [4.69, 9.17) is 21.7 Å². The second kappa shape index (κ2) is 8.17. The fraction of sp³-hybridized carbons (Fsp3) is 0.333. The number of ether oxygens (including phenoxy) is 2. The molecule has 9 heteroatoms. The Morgan fingerprint density at radius 2 is 1.67 bits per heavy atom. The van der Waals surface area contributed by atoms with E-state index < -0.39 is 17.8 Å². The number of amides is 2. The second-order valence-electron chi connectivity index (χ2n) is 5.49. The van der Waals surface area contributed by atoms with Crippen molar-refractivity contribution in [1.29, 1.82) is 0 Å². The molecule has 27 heavy (non-hydrogen) atoms. The predicted octanol–water partition coefficient (Wildman–Crippen LogP) is 0.446. The van der Waals surface area contributed by atoms with Crippen LogP contribution in [0.15, 0.2) is 17.7 Å². The molecule has 8 nitrogen and oxygen atoms in total. The molecule has 0 unspecified atom stereocenters. The third-order valence-electron chi connectivity index (χ3n) is 4.13. The highest BCUT2D eigenvalue weighted by Gasteiger charge is 2.38. The van der Waals surface area contributed by atoms with E-state index in [0.717, 1.165) is 0 Å². The third-order valence-corrected chi connectivity index (χ3v) is 4.57. The summed E-state index contributed by atoms with van der Waals surface area (Å²) in [6, 6.07) is 2.90. The average Bonchev–Trinajstić information content (AvgIpc) is 2.64. The number of carboxylic acid groups (broad SMARTS) is 1. The number of hydrogen-bond donors (Lipinski definition) is 0. The highest BCUT2D eigenvalue weighted by molar-refractivity contribution is 7.80. The molecule has 0 bridgehead atoms. The number of rotatable bonds is 6. The molecule has 2 rings (SSSR count). The van der Waals surface area contributed by atoms with Gasteiger partial charge in [-0.3, -0.25) is 19.4 Å². The molecule has 144 valence electrons. The number of hydrogen-bond acceptors (Lipinski definition) is 7. The Morgan fingerprint density at radius 1 is 1.11 bits per heavy atom. The van der Waals surface area contributed by atoms with Crippen molar-refractivity contribution in [3.8, 4) is 11.5 Å². The number of carbonyl (C=O) groups excluding carboxylic acids is 3. The zero-order valence-electron chi connectivity index (χ0n) is 15.4. The van der Waals surface area contributed by atoms with Crippen LogP contribution in [0.1, 0.15) is 29.8 Å². The van der Waals surface area contributed by atoms with Crippen LogP contribution in [0.3, 0.4) is 0 Å². The third kappa shape index (κ3) is 3.50. The summed E-state index contributed by atoms with van der Waals surface area (Å²) in [6.45, 7) is 4.01. The minimum Gasteiger partial charge on any atom is -0.545 e. The van der Waals surface area contributed by atoms with Crippen LogP contribution < -0.4 is 14.6 Å². The van der Waals surface area contributed by atoms with E-state index in [1.807, 2.05) is 0 Å². The van der Waals surface area contributed by atoms with Gasteiger partial charge < -0.3 is 19.4 Å². The van der Waals surface area contributed by atoms with Crippen LogP contribution in [0.5, 0.6) is 11.5 Å². The molecular weight excluding hydrogens is 372 g/mol. The summed E-state index contributed by atoms with van der Waals surface area (Å²) in [6.07, 6.45) is 1.21. The van der Waals surface area contributed by atoms with E-state index in [1.54, 1.807) is 13.8 Å². The number of carbonyl (C=O) groups is 3. The standard InChI is InChI=1S/C18H20N2O6S/c1-5-19-15(21)11(16(22)20(6-2)18(19)27)9-10-7-8-12(25-3)14(26-4)13(10)17(23)24/h7-9H,5-6H2,1-4H3,(H,23,24)/p-1. The number of benzene rings is 1. The van der Waals surface area contributed by atoms with Crippen molar-refractivity contribution in [2.75, 3.05) is 27.3 Å². The Kier molecular flexibility index (Phi) is 6.17. The quantitative estimate of drug-likeness (QED) is 0.394. The largest absolute Gasteiger partial charge is 0.545 e. The number of thiocarbonyl (C=S) groups is 1. The molecule has 1 fully saturated rings. The van der Waals surface area contributed by atoms with Crippen molar-refractivity contribution in [2.24, 2.45) is 0 Å². The number of nitrogens with zero attached hydrogens (tertiary/aromatic N) is 2. The molecule has 1 aromatic carbocycles. The molecule has 1 aliphatic rings. The molecule has 0 aromatic heterocycles. The first-order valence-electron chi connectivity index (χ1n) is 8.17. The molecule has 2 amide bonds. The maximum Gasteiger partial charge on any atom is 0.265 e. The van der Waals surface area contributed by atoms with Gasteiger partial charge in [0, 0.05) is 13.1 Å². The van der Waals surface area contributed by atoms with Crippen molar-refractivity contribution in [3.63, 3.8) is 0 Å². The van der Waals surface area contributed by atoms with Gasteiger partial charge in [-0.25, -0.2) is 0 Å². The highest BCUT2D eigenvalue weighted by Crippen LogP contribution is 2.34. The lowest BCUT2D eigenvalue weighted by molar-refractivity contribution is -0.255. The summed E-state index contributed by atoms with van der Waals surface area (Å²) < 4.78 is 10.2. The molecule has 0 saturated carbocycles. The van der Waals surface area contributed by atoms with Crippen LogP contribution in [0.4, 0.5) is 0 Å². The van der Waals surface area contributed by atoms with Crippen LogP contribution in [0.25, 0.3) is 6.08 Å². The fourth-order valence-electron chi connectivity index (χ4n) is 2.81. The van der Waals surface area contributed by atoms with Crippen molar-refractivity contribution in [1.82, 2.24) is 9.80 Å². The van der Waals surface area contributed by atoms with E-state index in [0.29, 0.717) is 0 Å². The number of likely N-dealkylation sites (N-methyl/N-ethyl adjacent to an activating group) is 2. The van der Waals surface area contributed by atoms with Crippen molar-refractivity contribution < 1.29 is 29.0 Å². The van der Waals surface area contributed by atoms with Crippen LogP contribution in [0, 0.1) is 0 Å². The maximum absolute atomic E-state index is 12.7. The summed E-state index contributed by atoms with van der Waals surface area (Å²) in [4.78, 5) is 39.7. The zero-order valence-corrected chi connectivity index (χ0v) is 16.2. The highest BCUT2D eigenvalue weighted by atomic mass is 32.1. The Hall–Kier alpha value is -2.94. The van der Waals surface area contributed by atoms with Gasteiger partial charge in [-0.15, -0.1) is 0 Å². The predicted molar refractivity (Wildman–Crippen MR) is 99.2 cm³/mol. The molecule has 0 spiro atoms. The van der Waals surface area contributed by atoms with E-state index in [9.17, 15) is 19.5 Å². The molecule has 0 aliphatic carbocycles. The summed E-state index contributed by atoms with van der Waals surface area (Å²) >= 11 is 5.20. The van der Waals surface area contributed by atoms with Gasteiger partial charge in [-0.2, -0.15) is 0 Å². The van der Waals surface area contributed by atoms with E-state index >= 15 is 0 Å². The smallest absolute Gasteiger partial charge is 0.265 e. The van der Waals surface area contributed by atoms with E-state index in [1.165, 1.54) is 42.2 Å². The molecule has 1 saturated heterocycles. The average molecular weight is 391 g/mol. The van der Waals surface area contributed by atoms with Gasteiger partial charge in [-0.05, 0) is 43.8 Å². The van der Waals surface area contributed by atoms with Gasteiger partial charge in [0.2, 0.25) is 0 Å².